The molecule has 0 N–H and O–H groups in total. The first-order valence-corrected chi connectivity index (χ1v) is 9.35. The lowest BCUT2D eigenvalue weighted by atomic mass is 9.78. The van der Waals surface area contributed by atoms with Gasteiger partial charge in [-0.15, -0.1) is 0 Å². The molecular weight excluding hydrogens is 314 g/mol. The summed E-state index contributed by atoms with van der Waals surface area (Å²) in [7, 11) is 0. The molecule has 2 aliphatic rings. The SMILES string of the molecule is Cc1ccc(OCC2CCCCC2c2ccnn2C2CC2)c(C=O)n1. The van der Waals surface area contributed by atoms with E-state index in [0.717, 1.165) is 18.4 Å². The fourth-order valence-corrected chi connectivity index (χ4v) is 4.01. The average Bonchev–Trinajstić information content (AvgIpc) is 3.37. The summed E-state index contributed by atoms with van der Waals surface area (Å²) in [5.74, 6) is 1.55. The Kier molecular flexibility index (Phi) is 4.55. The number of hydrogen-bond acceptors (Lipinski definition) is 4. The molecule has 0 spiro atoms. The number of aryl methyl sites for hydroxylation is 1. The van der Waals surface area contributed by atoms with Gasteiger partial charge in [-0.3, -0.25) is 9.48 Å². The highest BCUT2D eigenvalue weighted by Crippen LogP contribution is 2.42. The van der Waals surface area contributed by atoms with Crippen molar-refractivity contribution in [3.05, 3.63) is 41.5 Å². The van der Waals surface area contributed by atoms with Crippen LogP contribution >= 0.6 is 0 Å². The van der Waals surface area contributed by atoms with Crippen LogP contribution < -0.4 is 4.74 Å². The Morgan fingerprint density at radius 1 is 1.20 bits per heavy atom. The highest BCUT2D eigenvalue weighted by atomic mass is 16.5. The molecule has 4 rings (SSSR count). The van der Waals surface area contributed by atoms with E-state index in [1.807, 2.05) is 25.3 Å². The standard InChI is InChI=1S/C20H25N3O2/c1-14-6-9-20(18(12-24)22-14)25-13-15-4-2-3-5-17(15)19-10-11-21-23(19)16-7-8-16/h6,9-12,15-17H,2-5,7-8,13H2,1H3. The molecule has 2 aliphatic carbocycles. The number of pyridine rings is 1. The summed E-state index contributed by atoms with van der Waals surface area (Å²) in [6.07, 6.45) is 10.1. The maximum absolute atomic E-state index is 11.3. The van der Waals surface area contributed by atoms with Gasteiger partial charge in [-0.2, -0.15) is 5.10 Å². The highest BCUT2D eigenvalue weighted by molar-refractivity contribution is 5.76. The Hall–Kier alpha value is -2.17. The van der Waals surface area contributed by atoms with Crippen LogP contribution in [0.4, 0.5) is 0 Å². The molecule has 0 aromatic carbocycles. The van der Waals surface area contributed by atoms with E-state index in [1.54, 1.807) is 0 Å². The van der Waals surface area contributed by atoms with Gasteiger partial charge in [0.25, 0.3) is 0 Å². The zero-order chi connectivity index (χ0) is 17.2. The number of carbonyl (C=O) groups excluding carboxylic acids is 1. The van der Waals surface area contributed by atoms with E-state index in [-0.39, 0.29) is 0 Å². The summed E-state index contributed by atoms with van der Waals surface area (Å²) in [6.45, 7) is 2.51. The molecule has 0 bridgehead atoms. The van der Waals surface area contributed by atoms with Gasteiger partial charge in [0.1, 0.15) is 11.4 Å². The minimum atomic E-state index is 0.399. The lowest BCUT2D eigenvalue weighted by Gasteiger charge is -2.32. The first-order valence-electron chi connectivity index (χ1n) is 9.35. The fraction of sp³-hybridized carbons (Fsp3) is 0.550. The number of nitrogens with zero attached hydrogens (tertiary/aromatic N) is 3. The van der Waals surface area contributed by atoms with Crippen LogP contribution in [0.2, 0.25) is 0 Å². The van der Waals surface area contributed by atoms with E-state index in [0.29, 0.717) is 35.9 Å². The van der Waals surface area contributed by atoms with Gasteiger partial charge in [-0.1, -0.05) is 12.8 Å². The van der Waals surface area contributed by atoms with Crippen LogP contribution in [0.1, 0.15) is 72.4 Å². The smallest absolute Gasteiger partial charge is 0.172 e. The van der Waals surface area contributed by atoms with Gasteiger partial charge < -0.3 is 4.74 Å². The second-order valence-corrected chi connectivity index (χ2v) is 7.35. The first kappa shape index (κ1) is 16.3. The third-order valence-corrected chi connectivity index (χ3v) is 5.47. The molecule has 2 aromatic heterocycles. The lowest BCUT2D eigenvalue weighted by molar-refractivity contribution is 0.111. The zero-order valence-corrected chi connectivity index (χ0v) is 14.7. The van der Waals surface area contributed by atoms with E-state index in [2.05, 4.69) is 20.8 Å². The second kappa shape index (κ2) is 6.98. The van der Waals surface area contributed by atoms with Gasteiger partial charge in [0.2, 0.25) is 0 Å². The van der Waals surface area contributed by atoms with Gasteiger partial charge in [0.15, 0.2) is 6.29 Å². The monoisotopic (exact) mass is 339 g/mol. The Labute approximate surface area is 148 Å². The fourth-order valence-electron chi connectivity index (χ4n) is 4.01. The molecule has 132 valence electrons. The van der Waals surface area contributed by atoms with E-state index >= 15 is 0 Å². The number of aromatic nitrogens is 3. The molecule has 2 heterocycles. The van der Waals surface area contributed by atoms with Crippen LogP contribution in [0.25, 0.3) is 0 Å². The molecule has 2 atom stereocenters. The molecule has 2 unspecified atom stereocenters. The predicted molar refractivity (Wildman–Crippen MR) is 95.1 cm³/mol. The van der Waals surface area contributed by atoms with Gasteiger partial charge in [0.05, 0.1) is 12.6 Å². The van der Waals surface area contributed by atoms with Crippen LogP contribution in [0.5, 0.6) is 5.75 Å². The Balaban J connectivity index is 1.50. The van der Waals surface area contributed by atoms with Crippen molar-refractivity contribution in [3.8, 4) is 5.75 Å². The van der Waals surface area contributed by atoms with Crippen molar-refractivity contribution in [2.24, 2.45) is 5.92 Å². The van der Waals surface area contributed by atoms with E-state index in [4.69, 9.17) is 4.74 Å². The zero-order valence-electron chi connectivity index (χ0n) is 14.7. The molecule has 25 heavy (non-hydrogen) atoms. The summed E-state index contributed by atoms with van der Waals surface area (Å²) in [5, 5.41) is 4.56. The summed E-state index contributed by atoms with van der Waals surface area (Å²) in [6, 6.07) is 6.55. The number of rotatable bonds is 6. The topological polar surface area (TPSA) is 57.0 Å². The summed E-state index contributed by atoms with van der Waals surface area (Å²) in [5.41, 5.74) is 2.60. The molecule has 2 fully saturated rings. The molecule has 2 saturated carbocycles. The van der Waals surface area contributed by atoms with Crippen molar-refractivity contribution < 1.29 is 9.53 Å². The van der Waals surface area contributed by atoms with Gasteiger partial charge >= 0.3 is 0 Å². The van der Waals surface area contributed by atoms with E-state index in [9.17, 15) is 4.79 Å². The van der Waals surface area contributed by atoms with Crippen molar-refractivity contribution in [1.29, 1.82) is 0 Å². The molecule has 0 saturated heterocycles. The summed E-state index contributed by atoms with van der Waals surface area (Å²) in [4.78, 5) is 15.5. The van der Waals surface area contributed by atoms with Crippen molar-refractivity contribution >= 4 is 6.29 Å². The predicted octanol–water partition coefficient (Wildman–Crippen LogP) is 4.09. The Morgan fingerprint density at radius 2 is 2.04 bits per heavy atom. The number of ether oxygens (including phenoxy) is 1. The highest BCUT2D eigenvalue weighted by Gasteiger charge is 2.33. The molecular formula is C20H25N3O2. The number of hydrogen-bond donors (Lipinski definition) is 0. The molecule has 2 aromatic rings. The average molecular weight is 339 g/mol. The molecule has 0 amide bonds. The minimum Gasteiger partial charge on any atom is -0.491 e. The largest absolute Gasteiger partial charge is 0.491 e. The van der Waals surface area contributed by atoms with Gasteiger partial charge in [-0.05, 0) is 50.8 Å². The molecule has 0 radical (unpaired) electrons. The molecule has 5 heteroatoms. The van der Waals surface area contributed by atoms with Gasteiger partial charge in [-0.25, -0.2) is 4.98 Å². The number of carbonyl (C=O) groups is 1. The lowest BCUT2D eigenvalue weighted by Crippen LogP contribution is -2.26. The van der Waals surface area contributed by atoms with Crippen LogP contribution in [0, 0.1) is 12.8 Å². The van der Waals surface area contributed by atoms with Crippen LogP contribution in [-0.2, 0) is 0 Å². The van der Waals surface area contributed by atoms with Gasteiger partial charge in [0, 0.05) is 29.4 Å². The third kappa shape index (κ3) is 3.46. The first-order chi connectivity index (χ1) is 12.3. The van der Waals surface area contributed by atoms with Crippen LogP contribution in [0.3, 0.4) is 0 Å². The summed E-state index contributed by atoms with van der Waals surface area (Å²) >= 11 is 0. The van der Waals surface area contributed by atoms with E-state index < -0.39 is 0 Å². The van der Waals surface area contributed by atoms with Crippen molar-refractivity contribution in [1.82, 2.24) is 14.8 Å². The quantitative estimate of drug-likeness (QED) is 0.744. The number of aldehydes is 1. The van der Waals surface area contributed by atoms with Crippen LogP contribution in [0.15, 0.2) is 24.4 Å². The minimum absolute atomic E-state index is 0.399. The maximum Gasteiger partial charge on any atom is 0.172 e. The van der Waals surface area contributed by atoms with Crippen LogP contribution in [-0.4, -0.2) is 27.7 Å². The molecule has 0 aliphatic heterocycles. The van der Waals surface area contributed by atoms with Crippen molar-refractivity contribution in [2.75, 3.05) is 6.61 Å². The van der Waals surface area contributed by atoms with Crippen molar-refractivity contribution in [2.45, 2.75) is 57.4 Å². The third-order valence-electron chi connectivity index (χ3n) is 5.47. The second-order valence-electron chi connectivity index (χ2n) is 7.35. The normalized spacial score (nSPS) is 23.4. The summed E-state index contributed by atoms with van der Waals surface area (Å²) < 4.78 is 8.29. The van der Waals surface area contributed by atoms with E-state index in [1.165, 1.54) is 37.8 Å². The Morgan fingerprint density at radius 3 is 2.84 bits per heavy atom. The maximum atomic E-state index is 11.3. The van der Waals surface area contributed by atoms with Crippen molar-refractivity contribution in [3.63, 3.8) is 0 Å². The molecule has 5 nitrogen and oxygen atoms in total. The Bertz CT molecular complexity index is 751.